The van der Waals surface area contributed by atoms with Gasteiger partial charge in [-0.3, -0.25) is 0 Å². The minimum atomic E-state index is 0.783. The number of rotatable bonds is 7. The average molecular weight is 491 g/mol. The molecule has 0 saturated heterocycles. The van der Waals surface area contributed by atoms with Crippen molar-refractivity contribution >= 4 is 0 Å². The summed E-state index contributed by atoms with van der Waals surface area (Å²) in [5.41, 5.74) is 6.55. The van der Waals surface area contributed by atoms with Crippen LogP contribution in [0.2, 0.25) is 0 Å². The van der Waals surface area contributed by atoms with E-state index in [0.29, 0.717) is 0 Å². The number of hydrogen-bond acceptors (Lipinski definition) is 2. The third-order valence-corrected chi connectivity index (χ3v) is 6.38. The molecule has 0 unspecified atom stereocenters. The Morgan fingerprint density at radius 3 is 1.39 bits per heavy atom. The van der Waals surface area contributed by atoms with Crippen LogP contribution in [0.5, 0.6) is 23.0 Å². The molecule has 0 aliphatic rings. The number of benzene rings is 6. The molecule has 0 aliphatic heterocycles. The Morgan fingerprint density at radius 2 is 0.763 bits per heavy atom. The summed E-state index contributed by atoms with van der Waals surface area (Å²) in [4.78, 5) is 0. The molecule has 6 aromatic carbocycles. The highest BCUT2D eigenvalue weighted by Gasteiger charge is 2.11. The fraction of sp³-hybridized carbons (Fsp3) is 0. The first-order valence-electron chi connectivity index (χ1n) is 12.7. The van der Waals surface area contributed by atoms with Crippen LogP contribution in [0, 0.1) is 0 Å². The Hall–Kier alpha value is -5.08. The number of hydrogen-bond donors (Lipinski definition) is 0. The molecule has 0 bridgehead atoms. The molecule has 6 aromatic rings. The predicted octanol–water partition coefficient (Wildman–Crippen LogP) is 10.3. The van der Waals surface area contributed by atoms with Crippen LogP contribution >= 0.6 is 0 Å². The van der Waals surface area contributed by atoms with Gasteiger partial charge in [-0.25, -0.2) is 0 Å². The van der Waals surface area contributed by atoms with E-state index in [2.05, 4.69) is 66.7 Å². The molecule has 0 radical (unpaired) electrons. The summed E-state index contributed by atoms with van der Waals surface area (Å²) < 4.78 is 12.7. The maximum absolute atomic E-state index is 6.38. The molecule has 0 fully saturated rings. The molecule has 6 rings (SSSR count). The van der Waals surface area contributed by atoms with Gasteiger partial charge in [-0.05, 0) is 70.3 Å². The van der Waals surface area contributed by atoms with Crippen LogP contribution in [0.3, 0.4) is 0 Å². The van der Waals surface area contributed by atoms with Gasteiger partial charge in [-0.1, -0.05) is 115 Å². The lowest BCUT2D eigenvalue weighted by Gasteiger charge is -2.14. The molecule has 2 heteroatoms. The van der Waals surface area contributed by atoms with E-state index in [0.717, 1.165) is 56.4 Å². The third kappa shape index (κ3) is 5.35. The van der Waals surface area contributed by atoms with Gasteiger partial charge in [0.05, 0.1) is 0 Å². The third-order valence-electron chi connectivity index (χ3n) is 6.38. The van der Waals surface area contributed by atoms with E-state index in [-0.39, 0.29) is 0 Å². The molecule has 182 valence electrons. The Kier molecular flexibility index (Phi) is 6.69. The van der Waals surface area contributed by atoms with Crippen molar-refractivity contribution in [1.82, 2.24) is 0 Å². The van der Waals surface area contributed by atoms with E-state index in [9.17, 15) is 0 Å². The molecule has 0 atom stereocenters. The quantitative estimate of drug-likeness (QED) is 0.222. The van der Waals surface area contributed by atoms with E-state index in [1.54, 1.807) is 0 Å². The molecule has 0 amide bonds. The highest BCUT2D eigenvalue weighted by molar-refractivity contribution is 5.77. The molecule has 0 saturated carbocycles. The van der Waals surface area contributed by atoms with Gasteiger partial charge in [-0.2, -0.15) is 0 Å². The zero-order valence-electron chi connectivity index (χ0n) is 20.8. The average Bonchev–Trinajstić information content (AvgIpc) is 2.99. The van der Waals surface area contributed by atoms with Crippen molar-refractivity contribution in [3.63, 3.8) is 0 Å². The van der Waals surface area contributed by atoms with Crippen molar-refractivity contribution < 1.29 is 9.47 Å². The van der Waals surface area contributed by atoms with Crippen LogP contribution in [0.25, 0.3) is 33.4 Å². The van der Waals surface area contributed by atoms with Gasteiger partial charge in [0, 0.05) is 5.56 Å². The first kappa shape index (κ1) is 23.3. The van der Waals surface area contributed by atoms with Crippen molar-refractivity contribution in [3.05, 3.63) is 158 Å². The van der Waals surface area contributed by atoms with Crippen molar-refractivity contribution in [1.29, 1.82) is 0 Å². The predicted molar refractivity (Wildman–Crippen MR) is 156 cm³/mol. The van der Waals surface area contributed by atoms with Crippen LogP contribution in [0.4, 0.5) is 0 Å². The number of ether oxygens (including phenoxy) is 2. The van der Waals surface area contributed by atoms with Crippen LogP contribution in [-0.2, 0) is 0 Å². The summed E-state index contributed by atoms with van der Waals surface area (Å²) in [6.07, 6.45) is 0. The zero-order chi connectivity index (χ0) is 25.6. The second kappa shape index (κ2) is 10.9. The second-order valence-corrected chi connectivity index (χ2v) is 9.02. The molecule has 0 N–H and O–H groups in total. The second-order valence-electron chi connectivity index (χ2n) is 9.02. The largest absolute Gasteiger partial charge is 0.457 e. The van der Waals surface area contributed by atoms with E-state index in [1.807, 2.05) is 91.0 Å². The first-order chi connectivity index (χ1) is 18.8. The lowest BCUT2D eigenvalue weighted by molar-refractivity contribution is 0.482. The lowest BCUT2D eigenvalue weighted by atomic mass is 9.99. The SMILES string of the molecule is c1ccc(Oc2cc(-c3cccc(Oc4cccc(-c5ccccc5)c4)c3)ccc2-c2ccccc2)cc1. The van der Waals surface area contributed by atoms with Crippen LogP contribution in [-0.4, -0.2) is 0 Å². The monoisotopic (exact) mass is 490 g/mol. The first-order valence-corrected chi connectivity index (χ1v) is 12.7. The van der Waals surface area contributed by atoms with Crippen molar-refractivity contribution in [2.45, 2.75) is 0 Å². The topological polar surface area (TPSA) is 18.5 Å². The maximum Gasteiger partial charge on any atom is 0.135 e. The van der Waals surface area contributed by atoms with Crippen molar-refractivity contribution in [2.24, 2.45) is 0 Å². The van der Waals surface area contributed by atoms with E-state index in [1.165, 1.54) is 0 Å². The lowest BCUT2D eigenvalue weighted by Crippen LogP contribution is -1.90. The molecular formula is C36H26O2. The van der Waals surface area contributed by atoms with Gasteiger partial charge in [0.25, 0.3) is 0 Å². The normalized spacial score (nSPS) is 10.6. The Morgan fingerprint density at radius 1 is 0.289 bits per heavy atom. The van der Waals surface area contributed by atoms with Crippen LogP contribution in [0.15, 0.2) is 158 Å². The summed E-state index contributed by atoms with van der Waals surface area (Å²) in [5.74, 6) is 3.19. The summed E-state index contributed by atoms with van der Waals surface area (Å²) >= 11 is 0. The molecule has 0 aliphatic carbocycles. The highest BCUT2D eigenvalue weighted by atomic mass is 16.5. The standard InChI is InChI=1S/C36H26O2/c1-4-12-27(13-5-1)29-16-10-20-33(24-29)37-34-21-11-17-30(25-34)31-22-23-35(28-14-6-2-7-15-28)36(26-31)38-32-18-8-3-9-19-32/h1-26H. The smallest absolute Gasteiger partial charge is 0.135 e. The fourth-order valence-corrected chi connectivity index (χ4v) is 4.50. The summed E-state index contributed by atoms with van der Waals surface area (Å²) in [7, 11) is 0. The van der Waals surface area contributed by atoms with Crippen molar-refractivity contribution in [2.75, 3.05) is 0 Å². The summed E-state index contributed by atoms with van der Waals surface area (Å²) in [6.45, 7) is 0. The van der Waals surface area contributed by atoms with Gasteiger partial charge in [0.2, 0.25) is 0 Å². The minimum absolute atomic E-state index is 0.783. The Bertz CT molecular complexity index is 1640. The summed E-state index contributed by atoms with van der Waals surface area (Å²) in [6, 6.07) is 53.3. The minimum Gasteiger partial charge on any atom is -0.457 e. The van der Waals surface area contributed by atoms with Gasteiger partial charge in [-0.15, -0.1) is 0 Å². The van der Waals surface area contributed by atoms with E-state index < -0.39 is 0 Å². The molecular weight excluding hydrogens is 464 g/mol. The zero-order valence-corrected chi connectivity index (χ0v) is 20.8. The molecule has 38 heavy (non-hydrogen) atoms. The summed E-state index contributed by atoms with van der Waals surface area (Å²) in [5, 5.41) is 0. The highest BCUT2D eigenvalue weighted by Crippen LogP contribution is 2.38. The van der Waals surface area contributed by atoms with E-state index in [4.69, 9.17) is 9.47 Å². The van der Waals surface area contributed by atoms with E-state index >= 15 is 0 Å². The van der Waals surface area contributed by atoms with Crippen molar-refractivity contribution in [3.8, 4) is 56.4 Å². The van der Waals surface area contributed by atoms with Gasteiger partial charge < -0.3 is 9.47 Å². The number of para-hydroxylation sites is 1. The van der Waals surface area contributed by atoms with Gasteiger partial charge in [0.15, 0.2) is 0 Å². The molecule has 0 spiro atoms. The van der Waals surface area contributed by atoms with Crippen LogP contribution in [0.1, 0.15) is 0 Å². The van der Waals surface area contributed by atoms with Gasteiger partial charge in [0.1, 0.15) is 23.0 Å². The van der Waals surface area contributed by atoms with Gasteiger partial charge >= 0.3 is 0 Å². The molecule has 2 nitrogen and oxygen atoms in total. The molecule has 0 aromatic heterocycles. The van der Waals surface area contributed by atoms with Crippen LogP contribution < -0.4 is 9.47 Å². The Labute approximate surface area is 223 Å². The molecule has 0 heterocycles. The fourth-order valence-electron chi connectivity index (χ4n) is 4.50. The maximum atomic E-state index is 6.38. The Balaban J connectivity index is 1.32.